The van der Waals surface area contributed by atoms with Crippen LogP contribution in [0.2, 0.25) is 0 Å². The van der Waals surface area contributed by atoms with Gasteiger partial charge in [0, 0.05) is 19.6 Å². The lowest BCUT2D eigenvalue weighted by Gasteiger charge is -2.35. The summed E-state index contributed by atoms with van der Waals surface area (Å²) in [6, 6.07) is 0.362. The third-order valence-corrected chi connectivity index (χ3v) is 3.98. The van der Waals surface area contributed by atoms with Crippen LogP contribution in [0.15, 0.2) is 0 Å². The average molecular weight is 264 g/mol. The molecule has 1 amide bonds. The van der Waals surface area contributed by atoms with Crippen molar-refractivity contribution >= 4 is 11.6 Å². The van der Waals surface area contributed by atoms with Crippen molar-refractivity contribution in [3.8, 4) is 0 Å². The third kappa shape index (κ3) is 2.60. The van der Waals surface area contributed by atoms with Crippen LogP contribution in [0, 0.1) is 6.92 Å². The number of nitrogen functional groups attached to an aromatic ring is 1. The van der Waals surface area contributed by atoms with Crippen LogP contribution in [-0.2, 0) is 7.05 Å². The van der Waals surface area contributed by atoms with Gasteiger partial charge in [-0.25, -0.2) is 0 Å². The molecule has 1 aliphatic rings. The van der Waals surface area contributed by atoms with Gasteiger partial charge in [-0.3, -0.25) is 9.48 Å². The zero-order valence-corrected chi connectivity index (χ0v) is 12.1. The maximum atomic E-state index is 12.7. The second kappa shape index (κ2) is 5.63. The van der Waals surface area contributed by atoms with E-state index in [0.717, 1.165) is 37.9 Å². The number of rotatable bonds is 3. The van der Waals surface area contributed by atoms with Crippen LogP contribution in [-0.4, -0.2) is 33.2 Å². The van der Waals surface area contributed by atoms with E-state index in [2.05, 4.69) is 12.0 Å². The van der Waals surface area contributed by atoms with Gasteiger partial charge in [0.25, 0.3) is 5.91 Å². The number of aryl methyl sites for hydroxylation is 2. The topological polar surface area (TPSA) is 64.2 Å². The predicted octanol–water partition coefficient (Wildman–Crippen LogP) is 2.11. The molecule has 1 saturated heterocycles. The lowest BCUT2D eigenvalue weighted by Crippen LogP contribution is -2.44. The predicted molar refractivity (Wildman–Crippen MR) is 75.9 cm³/mol. The van der Waals surface area contributed by atoms with E-state index in [4.69, 9.17) is 5.73 Å². The van der Waals surface area contributed by atoms with Gasteiger partial charge in [0.2, 0.25) is 0 Å². The van der Waals surface area contributed by atoms with Crippen LogP contribution in [0.5, 0.6) is 0 Å². The van der Waals surface area contributed by atoms with E-state index in [9.17, 15) is 4.79 Å². The highest BCUT2D eigenvalue weighted by molar-refractivity contribution is 5.98. The first-order chi connectivity index (χ1) is 9.06. The number of aromatic nitrogens is 2. The molecular weight excluding hydrogens is 240 g/mol. The number of amides is 1. The molecule has 2 N–H and O–H groups in total. The number of carbonyl (C=O) groups is 1. The third-order valence-electron chi connectivity index (χ3n) is 3.98. The Labute approximate surface area is 114 Å². The van der Waals surface area contributed by atoms with Crippen LogP contribution in [0.1, 0.15) is 55.2 Å². The molecule has 0 aliphatic carbocycles. The summed E-state index contributed by atoms with van der Waals surface area (Å²) in [5, 5.41) is 4.24. The minimum atomic E-state index is 0.0405. The number of anilines is 1. The van der Waals surface area contributed by atoms with Gasteiger partial charge >= 0.3 is 0 Å². The van der Waals surface area contributed by atoms with Crippen LogP contribution in [0.4, 0.5) is 5.69 Å². The molecule has 0 spiro atoms. The van der Waals surface area contributed by atoms with Gasteiger partial charge in [0.1, 0.15) is 5.69 Å². The van der Waals surface area contributed by atoms with Crippen molar-refractivity contribution in [2.75, 3.05) is 12.3 Å². The van der Waals surface area contributed by atoms with Gasteiger partial charge in [0.15, 0.2) is 0 Å². The van der Waals surface area contributed by atoms with Gasteiger partial charge in [-0.1, -0.05) is 13.3 Å². The van der Waals surface area contributed by atoms with Crippen molar-refractivity contribution in [1.82, 2.24) is 14.7 Å². The molecule has 1 fully saturated rings. The Balaban J connectivity index is 2.26. The first kappa shape index (κ1) is 13.9. The van der Waals surface area contributed by atoms with E-state index in [-0.39, 0.29) is 5.91 Å². The monoisotopic (exact) mass is 264 g/mol. The van der Waals surface area contributed by atoms with Crippen molar-refractivity contribution in [3.05, 3.63) is 11.4 Å². The van der Waals surface area contributed by atoms with Crippen molar-refractivity contribution in [1.29, 1.82) is 0 Å². The molecule has 1 unspecified atom stereocenters. The zero-order valence-electron chi connectivity index (χ0n) is 12.1. The molecule has 1 aliphatic heterocycles. The summed E-state index contributed by atoms with van der Waals surface area (Å²) in [7, 11) is 1.79. The van der Waals surface area contributed by atoms with Crippen LogP contribution in [0.25, 0.3) is 0 Å². The maximum absolute atomic E-state index is 12.7. The van der Waals surface area contributed by atoms with Gasteiger partial charge in [0.05, 0.1) is 11.4 Å². The fourth-order valence-corrected chi connectivity index (χ4v) is 2.97. The molecule has 0 bridgehead atoms. The fraction of sp³-hybridized carbons (Fsp3) is 0.714. The number of carbonyl (C=O) groups excluding carboxylic acids is 1. The van der Waals surface area contributed by atoms with Crippen LogP contribution < -0.4 is 5.73 Å². The van der Waals surface area contributed by atoms with Crippen LogP contribution in [0.3, 0.4) is 0 Å². The number of piperidine rings is 1. The number of hydrogen-bond acceptors (Lipinski definition) is 3. The molecule has 0 radical (unpaired) electrons. The van der Waals surface area contributed by atoms with Crippen molar-refractivity contribution in [2.45, 2.75) is 52.0 Å². The Bertz CT molecular complexity index is 464. The Hall–Kier alpha value is -1.52. The first-order valence-electron chi connectivity index (χ1n) is 7.16. The molecule has 106 valence electrons. The lowest BCUT2D eigenvalue weighted by molar-refractivity contribution is 0.0590. The molecule has 5 nitrogen and oxygen atoms in total. The quantitative estimate of drug-likeness (QED) is 0.909. The summed E-state index contributed by atoms with van der Waals surface area (Å²) in [5.74, 6) is 0.0405. The summed E-state index contributed by atoms with van der Waals surface area (Å²) in [5.41, 5.74) is 7.79. The highest BCUT2D eigenvalue weighted by Crippen LogP contribution is 2.25. The zero-order chi connectivity index (χ0) is 14.0. The first-order valence-corrected chi connectivity index (χ1v) is 7.16. The minimum absolute atomic E-state index is 0.0405. The number of likely N-dealkylation sites (tertiary alicyclic amines) is 1. The summed E-state index contributed by atoms with van der Waals surface area (Å²) >= 11 is 0. The van der Waals surface area contributed by atoms with Crippen molar-refractivity contribution < 1.29 is 4.79 Å². The van der Waals surface area contributed by atoms with E-state index in [1.165, 1.54) is 6.42 Å². The second-order valence-corrected chi connectivity index (χ2v) is 5.41. The number of hydrogen-bond donors (Lipinski definition) is 1. The van der Waals surface area contributed by atoms with E-state index < -0.39 is 0 Å². The van der Waals surface area contributed by atoms with Crippen molar-refractivity contribution in [2.24, 2.45) is 7.05 Å². The summed E-state index contributed by atoms with van der Waals surface area (Å²) in [6.07, 6.45) is 5.59. The molecule has 2 rings (SSSR count). The second-order valence-electron chi connectivity index (χ2n) is 5.41. The van der Waals surface area contributed by atoms with E-state index in [1.54, 1.807) is 11.7 Å². The van der Waals surface area contributed by atoms with Gasteiger partial charge in [-0.05, 0) is 32.6 Å². The Morgan fingerprint density at radius 1 is 1.47 bits per heavy atom. The van der Waals surface area contributed by atoms with E-state index in [1.807, 2.05) is 11.8 Å². The van der Waals surface area contributed by atoms with Gasteiger partial charge in [-0.2, -0.15) is 5.10 Å². The largest absolute Gasteiger partial charge is 0.395 e. The fourth-order valence-electron chi connectivity index (χ4n) is 2.97. The molecule has 1 atom stereocenters. The van der Waals surface area contributed by atoms with Gasteiger partial charge < -0.3 is 10.6 Å². The molecule has 19 heavy (non-hydrogen) atoms. The van der Waals surface area contributed by atoms with Crippen molar-refractivity contribution in [3.63, 3.8) is 0 Å². The normalized spacial score (nSPS) is 19.7. The van der Waals surface area contributed by atoms with E-state index >= 15 is 0 Å². The molecule has 1 aromatic rings. The Kier molecular flexibility index (Phi) is 4.12. The average Bonchev–Trinajstić information content (AvgIpc) is 2.64. The smallest absolute Gasteiger partial charge is 0.274 e. The highest BCUT2D eigenvalue weighted by atomic mass is 16.2. The number of nitrogens with zero attached hydrogens (tertiary/aromatic N) is 3. The SMILES string of the molecule is CCCC1CCCCN1C(=O)c1c(N)c(C)nn1C. The molecule has 0 saturated carbocycles. The molecule has 5 heteroatoms. The molecular formula is C14H24N4O. The summed E-state index contributed by atoms with van der Waals surface area (Å²) in [4.78, 5) is 14.7. The van der Waals surface area contributed by atoms with Crippen LogP contribution >= 0.6 is 0 Å². The lowest BCUT2D eigenvalue weighted by atomic mass is 9.97. The Morgan fingerprint density at radius 3 is 2.79 bits per heavy atom. The highest BCUT2D eigenvalue weighted by Gasteiger charge is 2.30. The summed E-state index contributed by atoms with van der Waals surface area (Å²) < 4.78 is 1.62. The standard InChI is InChI=1S/C14H24N4O/c1-4-7-11-8-5-6-9-18(11)14(19)13-12(15)10(2)16-17(13)3/h11H,4-9,15H2,1-3H3. The minimum Gasteiger partial charge on any atom is -0.395 e. The summed E-state index contributed by atoms with van der Waals surface area (Å²) in [6.45, 7) is 4.85. The molecule has 2 heterocycles. The molecule has 0 aromatic carbocycles. The van der Waals surface area contributed by atoms with Gasteiger partial charge in [-0.15, -0.1) is 0 Å². The van der Waals surface area contributed by atoms with E-state index in [0.29, 0.717) is 17.4 Å². The number of nitrogens with two attached hydrogens (primary N) is 1. The Morgan fingerprint density at radius 2 is 2.21 bits per heavy atom. The molecule has 1 aromatic heterocycles. The maximum Gasteiger partial charge on any atom is 0.274 e.